The van der Waals surface area contributed by atoms with E-state index in [1.165, 1.54) is 18.2 Å². The fourth-order valence-electron chi connectivity index (χ4n) is 3.31. The molecule has 8 nitrogen and oxygen atoms in total. The van der Waals surface area contributed by atoms with E-state index in [0.29, 0.717) is 13.0 Å². The second kappa shape index (κ2) is 9.99. The minimum Gasteiger partial charge on any atom is -0.452 e. The van der Waals surface area contributed by atoms with E-state index in [-0.39, 0.29) is 29.3 Å². The van der Waals surface area contributed by atoms with Crippen LogP contribution in [-0.2, 0) is 14.3 Å². The molecule has 1 aliphatic heterocycles. The van der Waals surface area contributed by atoms with Crippen LogP contribution in [0.2, 0.25) is 0 Å². The van der Waals surface area contributed by atoms with Crippen LogP contribution in [0.15, 0.2) is 48.5 Å². The summed E-state index contributed by atoms with van der Waals surface area (Å²) in [5.74, 6) is -2.05. The van der Waals surface area contributed by atoms with Crippen molar-refractivity contribution in [1.29, 1.82) is 0 Å². The van der Waals surface area contributed by atoms with Crippen molar-refractivity contribution in [1.82, 2.24) is 10.2 Å². The van der Waals surface area contributed by atoms with Crippen LogP contribution in [0, 0.1) is 0 Å². The lowest BCUT2D eigenvalue weighted by molar-refractivity contribution is -0.124. The number of hydrogen-bond acceptors (Lipinski definition) is 6. The van der Waals surface area contributed by atoms with E-state index >= 15 is 0 Å². The molecule has 0 radical (unpaired) electrons. The third-order valence-corrected chi connectivity index (χ3v) is 4.95. The Hall–Kier alpha value is -3.52. The lowest BCUT2D eigenvalue weighted by Crippen LogP contribution is -2.31. The molecule has 0 saturated carbocycles. The predicted molar refractivity (Wildman–Crippen MR) is 112 cm³/mol. The van der Waals surface area contributed by atoms with Gasteiger partial charge in [0, 0.05) is 20.3 Å². The predicted octanol–water partition coefficient (Wildman–Crippen LogP) is 2.35. The molecule has 162 valence electrons. The molecule has 0 aromatic heterocycles. The minimum absolute atomic E-state index is 0.0996. The van der Waals surface area contributed by atoms with Crippen molar-refractivity contribution in [3.05, 3.63) is 70.8 Å². The van der Waals surface area contributed by atoms with E-state index in [1.54, 1.807) is 7.11 Å². The van der Waals surface area contributed by atoms with E-state index in [9.17, 15) is 19.2 Å². The number of fused-ring (bicyclic) bond motifs is 1. The van der Waals surface area contributed by atoms with Gasteiger partial charge in [-0.2, -0.15) is 0 Å². The second-order valence-corrected chi connectivity index (χ2v) is 7.14. The van der Waals surface area contributed by atoms with Crippen molar-refractivity contribution in [3.8, 4) is 0 Å². The molecule has 1 N–H and O–H groups in total. The Kier molecular flexibility index (Phi) is 7.15. The summed E-state index contributed by atoms with van der Waals surface area (Å²) in [4.78, 5) is 50.6. The highest BCUT2D eigenvalue weighted by molar-refractivity contribution is 6.22. The van der Waals surface area contributed by atoms with Gasteiger partial charge >= 0.3 is 5.97 Å². The Morgan fingerprint density at radius 3 is 2.45 bits per heavy atom. The Bertz CT molecular complexity index is 989. The number of imide groups is 1. The van der Waals surface area contributed by atoms with Gasteiger partial charge in [0.25, 0.3) is 17.7 Å². The fraction of sp³-hybridized carbons (Fsp3) is 0.304. The number of rotatable bonds is 9. The van der Waals surface area contributed by atoms with E-state index in [0.717, 1.165) is 10.5 Å². The van der Waals surface area contributed by atoms with Gasteiger partial charge in [0.15, 0.2) is 6.61 Å². The number of benzene rings is 2. The SMILES string of the molecule is COCCCN1C(=O)c2ccc(C(=O)OCC(=O)N[C@@H](C)c3ccccc3)cc2C1=O. The topological polar surface area (TPSA) is 102 Å². The molecule has 3 rings (SSSR count). The molecule has 2 aromatic rings. The molecule has 0 spiro atoms. The number of esters is 1. The monoisotopic (exact) mass is 424 g/mol. The van der Waals surface area contributed by atoms with Gasteiger partial charge in [-0.25, -0.2) is 4.79 Å². The summed E-state index contributed by atoms with van der Waals surface area (Å²) >= 11 is 0. The molecule has 3 amide bonds. The third-order valence-electron chi connectivity index (χ3n) is 4.95. The molecular formula is C23H24N2O6. The average Bonchev–Trinajstić information content (AvgIpc) is 3.02. The Labute approximate surface area is 180 Å². The molecule has 1 heterocycles. The molecule has 31 heavy (non-hydrogen) atoms. The number of methoxy groups -OCH3 is 1. The van der Waals surface area contributed by atoms with Gasteiger partial charge in [-0.15, -0.1) is 0 Å². The summed E-state index contributed by atoms with van der Waals surface area (Å²) in [6.45, 7) is 2.04. The van der Waals surface area contributed by atoms with Crippen molar-refractivity contribution in [2.75, 3.05) is 26.9 Å². The van der Waals surface area contributed by atoms with Crippen molar-refractivity contribution in [2.45, 2.75) is 19.4 Å². The summed E-state index contributed by atoms with van der Waals surface area (Å²) < 4.78 is 10.0. The number of hydrogen-bond donors (Lipinski definition) is 1. The number of amides is 3. The largest absolute Gasteiger partial charge is 0.452 e. The first-order valence-corrected chi connectivity index (χ1v) is 9.93. The van der Waals surface area contributed by atoms with E-state index < -0.39 is 30.3 Å². The molecule has 2 aromatic carbocycles. The van der Waals surface area contributed by atoms with Gasteiger partial charge in [0.05, 0.1) is 22.7 Å². The van der Waals surface area contributed by atoms with Crippen LogP contribution in [-0.4, -0.2) is 55.5 Å². The summed E-state index contributed by atoms with van der Waals surface area (Å²) in [7, 11) is 1.54. The van der Waals surface area contributed by atoms with Crippen LogP contribution < -0.4 is 5.32 Å². The van der Waals surface area contributed by atoms with Crippen LogP contribution in [0.4, 0.5) is 0 Å². The summed E-state index contributed by atoms with van der Waals surface area (Å²) in [5, 5.41) is 2.76. The van der Waals surface area contributed by atoms with E-state index in [1.807, 2.05) is 37.3 Å². The van der Waals surface area contributed by atoms with Crippen LogP contribution in [0.5, 0.6) is 0 Å². The molecule has 0 fully saturated rings. The number of carbonyl (C=O) groups excluding carboxylic acids is 4. The van der Waals surface area contributed by atoms with Gasteiger partial charge in [0.1, 0.15) is 0 Å². The molecule has 0 aliphatic carbocycles. The molecular weight excluding hydrogens is 400 g/mol. The third kappa shape index (κ3) is 5.16. The average molecular weight is 424 g/mol. The van der Waals surface area contributed by atoms with Crippen molar-refractivity contribution in [3.63, 3.8) is 0 Å². The van der Waals surface area contributed by atoms with Crippen molar-refractivity contribution in [2.24, 2.45) is 0 Å². The molecule has 8 heteroatoms. The highest BCUT2D eigenvalue weighted by Gasteiger charge is 2.35. The first-order valence-electron chi connectivity index (χ1n) is 9.93. The van der Waals surface area contributed by atoms with E-state index in [4.69, 9.17) is 9.47 Å². The highest BCUT2D eigenvalue weighted by Crippen LogP contribution is 2.24. The fourth-order valence-corrected chi connectivity index (χ4v) is 3.31. The van der Waals surface area contributed by atoms with Crippen LogP contribution >= 0.6 is 0 Å². The zero-order valence-electron chi connectivity index (χ0n) is 17.4. The number of nitrogens with zero attached hydrogens (tertiary/aromatic N) is 1. The smallest absolute Gasteiger partial charge is 0.338 e. The number of ether oxygens (including phenoxy) is 2. The maximum Gasteiger partial charge on any atom is 0.338 e. The lowest BCUT2D eigenvalue weighted by Gasteiger charge is -2.14. The maximum atomic E-state index is 12.5. The van der Waals surface area contributed by atoms with Gasteiger partial charge in [-0.05, 0) is 37.1 Å². The standard InChI is InChI=1S/C23H24N2O6/c1-15(16-7-4-3-5-8-16)24-20(26)14-31-23(29)17-9-10-18-19(13-17)22(28)25(21(18)27)11-6-12-30-2/h3-5,7-10,13,15H,6,11-12,14H2,1-2H3,(H,24,26)/t15-/m0/s1. The van der Waals surface area contributed by atoms with Crippen molar-refractivity contribution < 1.29 is 28.7 Å². The van der Waals surface area contributed by atoms with Gasteiger partial charge in [0.2, 0.25) is 0 Å². The lowest BCUT2D eigenvalue weighted by atomic mass is 10.1. The van der Waals surface area contributed by atoms with Crippen LogP contribution in [0.3, 0.4) is 0 Å². The molecule has 1 aliphatic rings. The highest BCUT2D eigenvalue weighted by atomic mass is 16.5. The summed E-state index contributed by atoms with van der Waals surface area (Å²) in [6, 6.07) is 13.3. The Morgan fingerprint density at radius 2 is 1.74 bits per heavy atom. The quantitative estimate of drug-likeness (QED) is 0.377. The van der Waals surface area contributed by atoms with Crippen molar-refractivity contribution >= 4 is 23.7 Å². The Morgan fingerprint density at radius 1 is 1.03 bits per heavy atom. The number of carbonyl (C=O) groups is 4. The Balaban J connectivity index is 1.58. The maximum absolute atomic E-state index is 12.5. The second-order valence-electron chi connectivity index (χ2n) is 7.14. The van der Waals surface area contributed by atoms with Gasteiger partial charge < -0.3 is 14.8 Å². The molecule has 0 bridgehead atoms. The molecule has 0 unspecified atom stereocenters. The zero-order valence-corrected chi connectivity index (χ0v) is 17.4. The molecule has 1 atom stereocenters. The summed E-state index contributed by atoms with van der Waals surface area (Å²) in [5.41, 5.74) is 1.42. The normalized spacial score (nSPS) is 13.7. The van der Waals surface area contributed by atoms with Gasteiger partial charge in [-0.1, -0.05) is 30.3 Å². The molecule has 0 saturated heterocycles. The first-order chi connectivity index (χ1) is 14.9. The number of nitrogens with one attached hydrogen (secondary N) is 1. The van der Waals surface area contributed by atoms with Crippen LogP contribution in [0.1, 0.15) is 56.0 Å². The van der Waals surface area contributed by atoms with Gasteiger partial charge in [-0.3, -0.25) is 19.3 Å². The zero-order chi connectivity index (χ0) is 22.4. The summed E-state index contributed by atoms with van der Waals surface area (Å²) in [6.07, 6.45) is 0.521. The minimum atomic E-state index is -0.747. The first kappa shape index (κ1) is 22.2. The van der Waals surface area contributed by atoms with Crippen LogP contribution in [0.25, 0.3) is 0 Å². The van der Waals surface area contributed by atoms with E-state index in [2.05, 4.69) is 5.32 Å².